The van der Waals surface area contributed by atoms with E-state index in [0.29, 0.717) is 6.61 Å². The van der Waals surface area contributed by atoms with Crippen molar-refractivity contribution in [1.29, 1.82) is 0 Å². The summed E-state index contributed by atoms with van der Waals surface area (Å²) >= 11 is 0. The molecule has 4 rings (SSSR count). The van der Waals surface area contributed by atoms with Crippen LogP contribution in [0.2, 0.25) is 0 Å². The molecule has 1 nitrogen and oxygen atoms in total. The third-order valence-corrected chi connectivity index (χ3v) is 4.32. The van der Waals surface area contributed by atoms with Crippen LogP contribution in [0.1, 0.15) is 11.1 Å². The molecule has 0 radical (unpaired) electrons. The van der Waals surface area contributed by atoms with Gasteiger partial charge in [0.05, 0.1) is 0 Å². The maximum absolute atomic E-state index is 6.10. The van der Waals surface area contributed by atoms with Crippen molar-refractivity contribution in [2.24, 2.45) is 0 Å². The largest absolute Gasteiger partial charge is 0.488 e. The summed E-state index contributed by atoms with van der Waals surface area (Å²) in [4.78, 5) is 0. The molecule has 0 aromatic heterocycles. The Labute approximate surface area is 141 Å². The zero-order valence-corrected chi connectivity index (χ0v) is 13.4. The van der Waals surface area contributed by atoms with E-state index in [2.05, 4.69) is 73.3 Å². The molecule has 0 unspecified atom stereocenters. The average molecular weight is 310 g/mol. The maximum Gasteiger partial charge on any atom is 0.127 e. The Hall–Kier alpha value is -3.06. The van der Waals surface area contributed by atoms with Gasteiger partial charge in [-0.05, 0) is 45.5 Å². The van der Waals surface area contributed by atoms with E-state index >= 15 is 0 Å². The third kappa shape index (κ3) is 2.77. The predicted molar refractivity (Wildman–Crippen MR) is 102 cm³/mol. The molecule has 116 valence electrons. The summed E-state index contributed by atoms with van der Waals surface area (Å²) in [5.74, 6) is 0.922. The van der Waals surface area contributed by atoms with Crippen LogP contribution in [-0.2, 0) is 6.61 Å². The van der Waals surface area contributed by atoms with Gasteiger partial charge in [-0.25, -0.2) is 0 Å². The first kappa shape index (κ1) is 14.5. The van der Waals surface area contributed by atoms with E-state index in [-0.39, 0.29) is 0 Å². The van der Waals surface area contributed by atoms with Gasteiger partial charge in [0.1, 0.15) is 12.4 Å². The number of benzene rings is 4. The minimum atomic E-state index is 0.559. The van der Waals surface area contributed by atoms with Gasteiger partial charge in [-0.3, -0.25) is 0 Å². The summed E-state index contributed by atoms with van der Waals surface area (Å²) in [7, 11) is 0. The minimum Gasteiger partial charge on any atom is -0.488 e. The highest BCUT2D eigenvalue weighted by molar-refractivity contribution is 6.00. The molecule has 0 amide bonds. The second kappa shape index (κ2) is 6.21. The Bertz CT molecular complexity index is 1010. The second-order valence-corrected chi connectivity index (χ2v) is 5.91. The van der Waals surface area contributed by atoms with Gasteiger partial charge in [-0.1, -0.05) is 73.3 Å². The van der Waals surface area contributed by atoms with E-state index in [9.17, 15) is 0 Å². The predicted octanol–water partition coefficient (Wildman–Crippen LogP) is 6.22. The van der Waals surface area contributed by atoms with E-state index in [0.717, 1.165) is 22.3 Å². The number of rotatable bonds is 4. The van der Waals surface area contributed by atoms with Crippen molar-refractivity contribution in [2.45, 2.75) is 6.61 Å². The van der Waals surface area contributed by atoms with E-state index < -0.39 is 0 Å². The minimum absolute atomic E-state index is 0.559. The molecule has 4 aromatic carbocycles. The van der Waals surface area contributed by atoms with Crippen LogP contribution in [0.15, 0.2) is 85.4 Å². The lowest BCUT2D eigenvalue weighted by Gasteiger charge is -2.11. The first-order chi connectivity index (χ1) is 11.8. The molecule has 0 spiro atoms. The molecule has 0 saturated heterocycles. The van der Waals surface area contributed by atoms with Crippen molar-refractivity contribution in [2.75, 3.05) is 0 Å². The molecule has 0 aliphatic carbocycles. The molecule has 24 heavy (non-hydrogen) atoms. The summed E-state index contributed by atoms with van der Waals surface area (Å²) < 4.78 is 6.10. The summed E-state index contributed by atoms with van der Waals surface area (Å²) in [6.45, 7) is 4.34. The molecule has 0 aliphatic rings. The quantitative estimate of drug-likeness (QED) is 0.407. The van der Waals surface area contributed by atoms with Crippen LogP contribution in [0.5, 0.6) is 5.75 Å². The third-order valence-electron chi connectivity index (χ3n) is 4.32. The zero-order chi connectivity index (χ0) is 16.4. The van der Waals surface area contributed by atoms with Crippen molar-refractivity contribution in [3.63, 3.8) is 0 Å². The molecule has 4 aromatic rings. The highest BCUT2D eigenvalue weighted by Gasteiger charge is 2.04. The van der Waals surface area contributed by atoms with E-state index in [1.54, 1.807) is 0 Å². The van der Waals surface area contributed by atoms with Crippen LogP contribution < -0.4 is 4.74 Å². The normalized spacial score (nSPS) is 10.8. The first-order valence-electron chi connectivity index (χ1n) is 8.09. The Balaban J connectivity index is 1.67. The van der Waals surface area contributed by atoms with Crippen LogP contribution in [0.4, 0.5) is 0 Å². The number of hydrogen-bond acceptors (Lipinski definition) is 1. The Morgan fingerprint density at radius 2 is 1.46 bits per heavy atom. The molecular formula is C23H18O. The molecule has 0 bridgehead atoms. The maximum atomic E-state index is 6.10. The SMILES string of the molecule is C=Cc1ccc(COc2cccc3cc4ccccc4cc23)cc1. The number of ether oxygens (including phenoxy) is 1. The lowest BCUT2D eigenvalue weighted by atomic mass is 10.0. The molecular weight excluding hydrogens is 292 g/mol. The van der Waals surface area contributed by atoms with Gasteiger partial charge >= 0.3 is 0 Å². The van der Waals surface area contributed by atoms with Crippen LogP contribution in [-0.4, -0.2) is 0 Å². The summed E-state index contributed by atoms with van der Waals surface area (Å²) in [6, 6.07) is 27.3. The van der Waals surface area contributed by atoms with Gasteiger partial charge in [0.2, 0.25) is 0 Å². The zero-order valence-electron chi connectivity index (χ0n) is 13.4. The van der Waals surface area contributed by atoms with Crippen LogP contribution in [0.25, 0.3) is 27.6 Å². The summed E-state index contributed by atoms with van der Waals surface area (Å²) in [5, 5.41) is 4.84. The van der Waals surface area contributed by atoms with Gasteiger partial charge in [0.15, 0.2) is 0 Å². The van der Waals surface area contributed by atoms with Gasteiger partial charge in [-0.2, -0.15) is 0 Å². The lowest BCUT2D eigenvalue weighted by Crippen LogP contribution is -1.96. The molecule has 1 heteroatoms. The highest BCUT2D eigenvalue weighted by Crippen LogP contribution is 2.30. The molecule has 0 aliphatic heterocycles. The Morgan fingerprint density at radius 3 is 2.21 bits per heavy atom. The average Bonchev–Trinajstić information content (AvgIpc) is 2.65. The molecule has 0 fully saturated rings. The second-order valence-electron chi connectivity index (χ2n) is 5.91. The summed E-state index contributed by atoms with van der Waals surface area (Å²) in [6.07, 6.45) is 1.85. The van der Waals surface area contributed by atoms with Crippen LogP contribution in [0, 0.1) is 0 Å². The van der Waals surface area contributed by atoms with Crippen molar-refractivity contribution >= 4 is 27.6 Å². The fourth-order valence-corrected chi connectivity index (χ4v) is 2.98. The van der Waals surface area contributed by atoms with Gasteiger partial charge in [0, 0.05) is 5.39 Å². The Kier molecular flexibility index (Phi) is 3.76. The standard InChI is InChI=1S/C23H18O/c1-2-17-10-12-18(13-11-17)16-24-23-9-5-8-21-14-19-6-3-4-7-20(19)15-22(21)23/h2-15H,1,16H2. The lowest BCUT2D eigenvalue weighted by molar-refractivity contribution is 0.310. The van der Waals surface area contributed by atoms with Crippen LogP contribution >= 0.6 is 0 Å². The Morgan fingerprint density at radius 1 is 0.750 bits per heavy atom. The van der Waals surface area contributed by atoms with Crippen molar-refractivity contribution < 1.29 is 4.74 Å². The van der Waals surface area contributed by atoms with Gasteiger partial charge < -0.3 is 4.74 Å². The van der Waals surface area contributed by atoms with E-state index in [4.69, 9.17) is 4.74 Å². The van der Waals surface area contributed by atoms with Crippen molar-refractivity contribution in [3.05, 3.63) is 96.6 Å². The van der Waals surface area contributed by atoms with E-state index in [1.807, 2.05) is 18.2 Å². The summed E-state index contributed by atoms with van der Waals surface area (Å²) in [5.41, 5.74) is 2.27. The van der Waals surface area contributed by atoms with Crippen LogP contribution in [0.3, 0.4) is 0 Å². The van der Waals surface area contributed by atoms with E-state index in [1.165, 1.54) is 16.2 Å². The van der Waals surface area contributed by atoms with Crippen molar-refractivity contribution in [1.82, 2.24) is 0 Å². The fraction of sp³-hybridized carbons (Fsp3) is 0.0435. The smallest absolute Gasteiger partial charge is 0.127 e. The highest BCUT2D eigenvalue weighted by atomic mass is 16.5. The van der Waals surface area contributed by atoms with Gasteiger partial charge in [0.25, 0.3) is 0 Å². The molecule has 0 heterocycles. The number of fused-ring (bicyclic) bond motifs is 2. The fourth-order valence-electron chi connectivity index (χ4n) is 2.98. The number of hydrogen-bond donors (Lipinski definition) is 0. The topological polar surface area (TPSA) is 9.23 Å². The van der Waals surface area contributed by atoms with Gasteiger partial charge in [-0.15, -0.1) is 0 Å². The molecule has 0 atom stereocenters. The van der Waals surface area contributed by atoms with Crippen molar-refractivity contribution in [3.8, 4) is 5.75 Å². The monoisotopic (exact) mass is 310 g/mol. The first-order valence-corrected chi connectivity index (χ1v) is 8.09. The molecule has 0 N–H and O–H groups in total. The molecule has 0 saturated carbocycles.